The maximum atomic E-state index is 12.7. The van der Waals surface area contributed by atoms with Crippen LogP contribution in [0.4, 0.5) is 0 Å². The number of hydrogen-bond donors (Lipinski definition) is 1. The molecule has 0 bridgehead atoms. The Balaban J connectivity index is 0.00000150. The van der Waals surface area contributed by atoms with Crippen LogP contribution in [0.15, 0.2) is 40.9 Å². The number of carbonyl (C=O) groups excluding carboxylic acids is 1. The zero-order valence-electron chi connectivity index (χ0n) is 16.5. The van der Waals surface area contributed by atoms with Crippen LogP contribution in [0, 0.1) is 5.92 Å². The number of nitrogens with zero attached hydrogens (tertiary/aromatic N) is 3. The van der Waals surface area contributed by atoms with Crippen LogP contribution >= 0.6 is 24.8 Å². The lowest BCUT2D eigenvalue weighted by Gasteiger charge is -2.37. The van der Waals surface area contributed by atoms with Crippen LogP contribution in [0.5, 0.6) is 0 Å². The number of halogens is 2. The third-order valence-corrected chi connectivity index (χ3v) is 5.72. The lowest BCUT2D eigenvalue weighted by Crippen LogP contribution is -2.51. The summed E-state index contributed by atoms with van der Waals surface area (Å²) in [6, 6.07) is 10.2. The van der Waals surface area contributed by atoms with Gasteiger partial charge in [0, 0.05) is 43.7 Å². The summed E-state index contributed by atoms with van der Waals surface area (Å²) in [5, 5.41) is 0. The minimum absolute atomic E-state index is 0. The minimum atomic E-state index is 0. The minimum Gasteiger partial charge on any atom is -0.439 e. The Morgan fingerprint density at radius 1 is 1.10 bits per heavy atom. The molecule has 1 aromatic carbocycles. The molecule has 1 amide bonds. The van der Waals surface area contributed by atoms with Crippen LogP contribution in [-0.4, -0.2) is 52.9 Å². The third kappa shape index (κ3) is 5.95. The highest BCUT2D eigenvalue weighted by Gasteiger charge is 2.30. The Hall–Kier alpha value is -1.60. The SMILES string of the molecule is Cl.Cl.NC1CCCC(C(=O)N2CCN(Cc3ncc(-c4ccccc4)o3)CC2)C1. The summed E-state index contributed by atoms with van der Waals surface area (Å²) in [5.74, 6) is 1.95. The first-order chi connectivity index (χ1) is 13.2. The van der Waals surface area contributed by atoms with Crippen molar-refractivity contribution in [2.75, 3.05) is 26.2 Å². The van der Waals surface area contributed by atoms with E-state index in [-0.39, 0.29) is 36.8 Å². The maximum Gasteiger partial charge on any atom is 0.225 e. The smallest absolute Gasteiger partial charge is 0.225 e. The summed E-state index contributed by atoms with van der Waals surface area (Å²) in [4.78, 5) is 21.5. The lowest BCUT2D eigenvalue weighted by atomic mass is 9.85. The summed E-state index contributed by atoms with van der Waals surface area (Å²) >= 11 is 0. The van der Waals surface area contributed by atoms with E-state index >= 15 is 0 Å². The van der Waals surface area contributed by atoms with Crippen molar-refractivity contribution in [2.45, 2.75) is 38.3 Å². The van der Waals surface area contributed by atoms with Crippen molar-refractivity contribution in [3.63, 3.8) is 0 Å². The lowest BCUT2D eigenvalue weighted by molar-refractivity contribution is -0.138. The number of nitrogens with two attached hydrogens (primary N) is 1. The van der Waals surface area contributed by atoms with Gasteiger partial charge < -0.3 is 15.1 Å². The molecule has 2 aromatic rings. The molecule has 8 heteroatoms. The fourth-order valence-electron chi connectivity index (χ4n) is 4.15. The Kier molecular flexibility index (Phi) is 8.96. The first-order valence-electron chi connectivity index (χ1n) is 9.96. The van der Waals surface area contributed by atoms with Gasteiger partial charge in [-0.05, 0) is 19.3 Å². The van der Waals surface area contributed by atoms with Crippen LogP contribution in [0.2, 0.25) is 0 Å². The number of aromatic nitrogens is 1. The molecule has 0 radical (unpaired) electrons. The number of piperazine rings is 1. The molecule has 1 saturated heterocycles. The second-order valence-electron chi connectivity index (χ2n) is 7.71. The van der Waals surface area contributed by atoms with Gasteiger partial charge in [-0.25, -0.2) is 4.98 Å². The Labute approximate surface area is 184 Å². The molecule has 2 atom stereocenters. The van der Waals surface area contributed by atoms with E-state index in [1.54, 1.807) is 6.20 Å². The molecule has 1 saturated carbocycles. The van der Waals surface area contributed by atoms with Gasteiger partial charge >= 0.3 is 0 Å². The van der Waals surface area contributed by atoms with Crippen LogP contribution < -0.4 is 5.73 Å². The maximum absolute atomic E-state index is 12.7. The summed E-state index contributed by atoms with van der Waals surface area (Å²) < 4.78 is 5.91. The van der Waals surface area contributed by atoms with E-state index in [9.17, 15) is 4.79 Å². The van der Waals surface area contributed by atoms with Gasteiger partial charge in [-0.15, -0.1) is 24.8 Å². The molecule has 2 unspecified atom stereocenters. The summed E-state index contributed by atoms with van der Waals surface area (Å²) in [5.41, 5.74) is 7.09. The molecule has 2 heterocycles. The largest absolute Gasteiger partial charge is 0.439 e. The molecule has 4 rings (SSSR count). The quantitative estimate of drug-likeness (QED) is 0.788. The third-order valence-electron chi connectivity index (χ3n) is 5.72. The zero-order valence-corrected chi connectivity index (χ0v) is 18.2. The second kappa shape index (κ2) is 11.0. The molecule has 0 spiro atoms. The second-order valence-corrected chi connectivity index (χ2v) is 7.71. The summed E-state index contributed by atoms with van der Waals surface area (Å²) in [6.45, 7) is 3.94. The van der Waals surface area contributed by atoms with E-state index in [1.165, 1.54) is 0 Å². The van der Waals surface area contributed by atoms with Crippen molar-refractivity contribution < 1.29 is 9.21 Å². The monoisotopic (exact) mass is 440 g/mol. The molecule has 29 heavy (non-hydrogen) atoms. The number of rotatable bonds is 4. The van der Waals surface area contributed by atoms with E-state index in [2.05, 4.69) is 9.88 Å². The van der Waals surface area contributed by atoms with Crippen molar-refractivity contribution in [3.8, 4) is 11.3 Å². The van der Waals surface area contributed by atoms with Crippen LogP contribution in [0.1, 0.15) is 31.6 Å². The molecule has 160 valence electrons. The topological polar surface area (TPSA) is 75.6 Å². The van der Waals surface area contributed by atoms with Gasteiger partial charge in [-0.3, -0.25) is 9.69 Å². The molecule has 6 nitrogen and oxygen atoms in total. The first kappa shape index (κ1) is 23.7. The van der Waals surface area contributed by atoms with E-state index in [0.717, 1.165) is 69.1 Å². The molecular weight excluding hydrogens is 411 g/mol. The Morgan fingerprint density at radius 3 is 2.52 bits per heavy atom. The van der Waals surface area contributed by atoms with Crippen molar-refractivity contribution in [3.05, 3.63) is 42.4 Å². The van der Waals surface area contributed by atoms with Gasteiger partial charge in [0.05, 0.1) is 12.7 Å². The number of carbonyl (C=O) groups is 1. The molecular formula is C21H30Cl2N4O2. The highest BCUT2D eigenvalue weighted by molar-refractivity contribution is 5.85. The van der Waals surface area contributed by atoms with Crippen LogP contribution in [0.3, 0.4) is 0 Å². The van der Waals surface area contributed by atoms with E-state index in [4.69, 9.17) is 10.2 Å². The van der Waals surface area contributed by atoms with Crippen molar-refractivity contribution in [2.24, 2.45) is 11.7 Å². The predicted octanol–water partition coefficient (Wildman–Crippen LogP) is 3.35. The molecule has 1 aliphatic heterocycles. The average molecular weight is 441 g/mol. The number of hydrogen-bond acceptors (Lipinski definition) is 5. The number of amides is 1. The Bertz CT molecular complexity index is 763. The van der Waals surface area contributed by atoms with E-state index in [1.807, 2.05) is 35.2 Å². The van der Waals surface area contributed by atoms with Crippen molar-refractivity contribution in [1.82, 2.24) is 14.8 Å². The van der Waals surface area contributed by atoms with E-state index < -0.39 is 0 Å². The van der Waals surface area contributed by atoms with Crippen molar-refractivity contribution >= 4 is 30.7 Å². The molecule has 1 aliphatic carbocycles. The average Bonchev–Trinajstić information content (AvgIpc) is 3.17. The van der Waals surface area contributed by atoms with Gasteiger partial charge in [-0.1, -0.05) is 36.8 Å². The standard InChI is InChI=1S/C21H28N4O2.2ClH/c22-18-8-4-7-17(13-18)21(26)25-11-9-24(10-12-25)15-20-23-14-19(27-20)16-5-2-1-3-6-16;;/h1-3,5-6,14,17-18H,4,7-13,15,22H2;2*1H. The number of benzene rings is 1. The van der Waals surface area contributed by atoms with Gasteiger partial charge in [0.1, 0.15) is 0 Å². The van der Waals surface area contributed by atoms with Crippen LogP contribution in [-0.2, 0) is 11.3 Å². The molecule has 2 aliphatic rings. The van der Waals surface area contributed by atoms with Gasteiger partial charge in [0.25, 0.3) is 0 Å². The fraction of sp³-hybridized carbons (Fsp3) is 0.524. The first-order valence-corrected chi connectivity index (χ1v) is 9.96. The zero-order chi connectivity index (χ0) is 18.6. The van der Waals surface area contributed by atoms with Crippen LogP contribution in [0.25, 0.3) is 11.3 Å². The van der Waals surface area contributed by atoms with Crippen molar-refractivity contribution in [1.29, 1.82) is 0 Å². The predicted molar refractivity (Wildman–Crippen MR) is 118 cm³/mol. The molecule has 1 aromatic heterocycles. The van der Waals surface area contributed by atoms with E-state index in [0.29, 0.717) is 12.5 Å². The van der Waals surface area contributed by atoms with Gasteiger partial charge in [0.2, 0.25) is 11.8 Å². The molecule has 2 N–H and O–H groups in total. The highest BCUT2D eigenvalue weighted by atomic mass is 35.5. The summed E-state index contributed by atoms with van der Waals surface area (Å²) in [6.07, 6.45) is 5.75. The highest BCUT2D eigenvalue weighted by Crippen LogP contribution is 2.26. The normalized spacial score (nSPS) is 22.4. The Morgan fingerprint density at radius 2 is 1.83 bits per heavy atom. The van der Waals surface area contributed by atoms with Gasteiger partial charge in [-0.2, -0.15) is 0 Å². The number of oxazole rings is 1. The summed E-state index contributed by atoms with van der Waals surface area (Å²) in [7, 11) is 0. The fourth-order valence-corrected chi connectivity index (χ4v) is 4.15. The molecule has 2 fully saturated rings. The van der Waals surface area contributed by atoms with Gasteiger partial charge in [0.15, 0.2) is 5.76 Å².